The van der Waals surface area contributed by atoms with Crippen LogP contribution in [0.2, 0.25) is 5.02 Å². The van der Waals surface area contributed by atoms with E-state index in [-0.39, 0.29) is 11.8 Å². The van der Waals surface area contributed by atoms with Gasteiger partial charge in [-0.05, 0) is 48.0 Å². The maximum absolute atomic E-state index is 12.2. The Morgan fingerprint density at radius 3 is 2.67 bits per heavy atom. The number of carbonyl (C=O) groups excluding carboxylic acids is 1. The van der Waals surface area contributed by atoms with Gasteiger partial charge in [0.1, 0.15) is 5.69 Å². The van der Waals surface area contributed by atoms with E-state index in [4.69, 9.17) is 16.7 Å². The van der Waals surface area contributed by atoms with Crippen LogP contribution in [0.5, 0.6) is 0 Å². The molecule has 3 N–H and O–H groups in total. The van der Waals surface area contributed by atoms with Gasteiger partial charge in [-0.3, -0.25) is 14.7 Å². The van der Waals surface area contributed by atoms with Crippen LogP contribution in [-0.2, 0) is 0 Å². The molecule has 0 unspecified atom stereocenters. The molecule has 0 aliphatic carbocycles. The van der Waals surface area contributed by atoms with Gasteiger partial charge in [-0.15, -0.1) is 0 Å². The minimum Gasteiger partial charge on any atom is -0.292 e. The number of halogens is 1. The summed E-state index contributed by atoms with van der Waals surface area (Å²) in [4.78, 5) is 18.2. The summed E-state index contributed by atoms with van der Waals surface area (Å²) in [5.74, 6) is 5.84. The number of nitrogens with one attached hydrogen (secondary N) is 1. The van der Waals surface area contributed by atoms with Gasteiger partial charge in [-0.1, -0.05) is 43.5 Å². The highest BCUT2D eigenvalue weighted by Gasteiger charge is 2.11. The molecule has 0 bridgehead atoms. The molecule has 0 aliphatic heterocycles. The molecule has 0 saturated heterocycles. The van der Waals surface area contributed by atoms with Crippen LogP contribution < -0.4 is 9.86 Å². The van der Waals surface area contributed by atoms with Gasteiger partial charge >= 0.3 is 0 Å². The zero-order valence-corrected chi connectivity index (χ0v) is 15.6. The van der Waals surface area contributed by atoms with Crippen LogP contribution in [0.15, 0.2) is 46.3 Å². The third-order valence-electron chi connectivity index (χ3n) is 2.81. The minimum absolute atomic E-state index is 0.225. The highest BCUT2D eigenvalue weighted by Crippen LogP contribution is 2.26. The predicted molar refractivity (Wildman–Crippen MR) is 101 cm³/mol. The van der Waals surface area contributed by atoms with Gasteiger partial charge in [0.15, 0.2) is 0 Å². The van der Waals surface area contributed by atoms with E-state index in [9.17, 15) is 4.79 Å². The SMILES string of the molecule is CC(C)C#Cc1ncc(C(=O)NSc2ccccc2SN)cc1Cl. The van der Waals surface area contributed by atoms with Gasteiger partial charge in [0.05, 0.1) is 10.6 Å². The predicted octanol–water partition coefficient (Wildman–Crippen LogP) is 4.15. The molecular formula is C17H16ClN3OS2. The fraction of sp³-hybridized carbons (Fsp3) is 0.176. The molecule has 7 heteroatoms. The quantitative estimate of drug-likeness (QED) is 0.619. The number of rotatable bonds is 4. The Morgan fingerprint density at radius 1 is 1.33 bits per heavy atom. The van der Waals surface area contributed by atoms with Gasteiger partial charge in [0.2, 0.25) is 0 Å². The molecule has 1 aromatic carbocycles. The first-order valence-corrected chi connectivity index (χ1v) is 9.18. The lowest BCUT2D eigenvalue weighted by Crippen LogP contribution is -2.16. The number of hydrogen-bond donors (Lipinski definition) is 2. The van der Waals surface area contributed by atoms with E-state index >= 15 is 0 Å². The molecule has 2 rings (SSSR count). The van der Waals surface area contributed by atoms with Crippen LogP contribution in [0.3, 0.4) is 0 Å². The van der Waals surface area contributed by atoms with Gasteiger partial charge in [0.25, 0.3) is 5.91 Å². The van der Waals surface area contributed by atoms with Crippen molar-refractivity contribution in [1.82, 2.24) is 9.71 Å². The maximum atomic E-state index is 12.2. The lowest BCUT2D eigenvalue weighted by molar-refractivity contribution is 0.0984. The van der Waals surface area contributed by atoms with E-state index in [0.717, 1.165) is 21.7 Å². The summed E-state index contributed by atoms with van der Waals surface area (Å²) >= 11 is 8.48. The molecule has 0 spiro atoms. The molecule has 0 aliphatic rings. The maximum Gasteiger partial charge on any atom is 0.262 e. The number of amides is 1. The van der Waals surface area contributed by atoms with E-state index in [2.05, 4.69) is 21.5 Å². The molecule has 24 heavy (non-hydrogen) atoms. The van der Waals surface area contributed by atoms with Crippen LogP contribution in [0, 0.1) is 17.8 Å². The normalized spacial score (nSPS) is 10.2. The smallest absolute Gasteiger partial charge is 0.262 e. The largest absolute Gasteiger partial charge is 0.292 e. The van der Waals surface area contributed by atoms with Crippen LogP contribution >= 0.6 is 35.5 Å². The van der Waals surface area contributed by atoms with Gasteiger partial charge < -0.3 is 0 Å². The first kappa shape index (κ1) is 18.7. The number of benzene rings is 1. The summed E-state index contributed by atoms with van der Waals surface area (Å²) in [6, 6.07) is 9.12. The molecule has 0 radical (unpaired) electrons. The van der Waals surface area contributed by atoms with Crippen molar-refractivity contribution in [3.05, 3.63) is 52.8 Å². The number of nitrogens with zero attached hydrogens (tertiary/aromatic N) is 1. The number of hydrogen-bond acceptors (Lipinski definition) is 5. The lowest BCUT2D eigenvalue weighted by Gasteiger charge is -2.08. The average molecular weight is 378 g/mol. The number of nitrogens with two attached hydrogens (primary N) is 1. The molecule has 124 valence electrons. The number of pyridine rings is 1. The Bertz CT molecular complexity index is 800. The Kier molecular flexibility index (Phi) is 7.00. The van der Waals surface area contributed by atoms with Gasteiger partial charge in [0, 0.05) is 21.9 Å². The van der Waals surface area contributed by atoms with Gasteiger partial charge in [-0.2, -0.15) is 0 Å². The second-order valence-electron chi connectivity index (χ2n) is 5.08. The third-order valence-corrected chi connectivity index (χ3v) is 4.70. The molecule has 1 heterocycles. The van der Waals surface area contributed by atoms with Crippen LogP contribution in [0.4, 0.5) is 0 Å². The van der Waals surface area contributed by atoms with Crippen molar-refractivity contribution >= 4 is 41.4 Å². The first-order chi connectivity index (χ1) is 11.5. The van der Waals surface area contributed by atoms with Crippen molar-refractivity contribution in [3.63, 3.8) is 0 Å². The summed E-state index contributed by atoms with van der Waals surface area (Å²) in [7, 11) is 0. The second-order valence-corrected chi connectivity index (χ2v) is 7.01. The monoisotopic (exact) mass is 377 g/mol. The second kappa shape index (κ2) is 9.00. The molecule has 0 atom stereocenters. The first-order valence-electron chi connectivity index (χ1n) is 7.11. The molecule has 1 aromatic heterocycles. The highest BCUT2D eigenvalue weighted by atomic mass is 35.5. The fourth-order valence-corrected chi connectivity index (χ4v) is 3.12. The Morgan fingerprint density at radius 2 is 2.04 bits per heavy atom. The minimum atomic E-state index is -0.283. The summed E-state index contributed by atoms with van der Waals surface area (Å²) in [6.07, 6.45) is 1.47. The highest BCUT2D eigenvalue weighted by molar-refractivity contribution is 8.00. The fourth-order valence-electron chi connectivity index (χ4n) is 1.66. The Labute approximate surface area is 155 Å². The van der Waals surface area contributed by atoms with E-state index < -0.39 is 0 Å². The van der Waals surface area contributed by atoms with Crippen molar-refractivity contribution in [1.29, 1.82) is 0 Å². The standard InChI is InChI=1S/C17H16ClN3OS2/c1-11(2)7-8-14-13(18)9-12(10-20-14)17(22)21-24-16-6-4-3-5-15(16)23-19/h3-6,9-11H,19H2,1-2H3,(H,21,22). The lowest BCUT2D eigenvalue weighted by atomic mass is 10.2. The van der Waals surface area contributed by atoms with Crippen molar-refractivity contribution in [3.8, 4) is 11.8 Å². The summed E-state index contributed by atoms with van der Waals surface area (Å²) < 4.78 is 2.76. The zero-order chi connectivity index (χ0) is 17.5. The number of carbonyl (C=O) groups is 1. The molecule has 1 amide bonds. The van der Waals surface area contributed by atoms with E-state index in [0.29, 0.717) is 16.3 Å². The van der Waals surface area contributed by atoms with E-state index in [1.165, 1.54) is 18.1 Å². The molecule has 0 fully saturated rings. The van der Waals surface area contributed by atoms with Crippen LogP contribution in [0.25, 0.3) is 0 Å². The Hall–Kier alpha value is -1.65. The van der Waals surface area contributed by atoms with Crippen molar-refractivity contribution in [2.45, 2.75) is 23.6 Å². The van der Waals surface area contributed by atoms with Crippen molar-refractivity contribution < 1.29 is 4.79 Å². The van der Waals surface area contributed by atoms with Crippen molar-refractivity contribution in [2.24, 2.45) is 11.1 Å². The summed E-state index contributed by atoms with van der Waals surface area (Å²) in [6.45, 7) is 3.97. The molecular weight excluding hydrogens is 362 g/mol. The summed E-state index contributed by atoms with van der Waals surface area (Å²) in [5, 5.41) is 5.96. The molecule has 4 nitrogen and oxygen atoms in total. The molecule has 2 aromatic rings. The van der Waals surface area contributed by atoms with E-state index in [1.807, 2.05) is 38.1 Å². The van der Waals surface area contributed by atoms with Crippen LogP contribution in [0.1, 0.15) is 29.9 Å². The average Bonchev–Trinajstić information content (AvgIpc) is 2.58. The van der Waals surface area contributed by atoms with Crippen LogP contribution in [-0.4, -0.2) is 10.9 Å². The topological polar surface area (TPSA) is 68.0 Å². The molecule has 0 saturated carbocycles. The number of aromatic nitrogens is 1. The zero-order valence-electron chi connectivity index (χ0n) is 13.2. The third kappa shape index (κ3) is 5.18. The van der Waals surface area contributed by atoms with E-state index in [1.54, 1.807) is 6.07 Å². The van der Waals surface area contributed by atoms with Gasteiger partial charge in [-0.25, -0.2) is 4.98 Å². The van der Waals surface area contributed by atoms with Crippen molar-refractivity contribution in [2.75, 3.05) is 0 Å². The summed E-state index contributed by atoms with van der Waals surface area (Å²) in [5.41, 5.74) is 0.847. The Balaban J connectivity index is 2.08.